The minimum Gasteiger partial charge on any atom is -0.377 e. The van der Waals surface area contributed by atoms with Crippen molar-refractivity contribution in [3.8, 4) is 5.82 Å². The molecule has 1 aliphatic heterocycles. The van der Waals surface area contributed by atoms with Crippen molar-refractivity contribution in [2.75, 3.05) is 30.9 Å². The fourth-order valence-corrected chi connectivity index (χ4v) is 3.89. The van der Waals surface area contributed by atoms with Crippen LogP contribution in [0.3, 0.4) is 0 Å². The van der Waals surface area contributed by atoms with E-state index in [4.69, 9.17) is 9.72 Å². The van der Waals surface area contributed by atoms with Crippen LogP contribution in [0.25, 0.3) is 16.9 Å². The summed E-state index contributed by atoms with van der Waals surface area (Å²) in [6, 6.07) is 3.48. The Morgan fingerprint density at radius 2 is 2.24 bits per heavy atom. The summed E-state index contributed by atoms with van der Waals surface area (Å²) in [5.74, 6) is 1.22. The van der Waals surface area contributed by atoms with E-state index in [-0.39, 0.29) is 10.9 Å². The summed E-state index contributed by atoms with van der Waals surface area (Å²) >= 11 is 0. The van der Waals surface area contributed by atoms with Crippen LogP contribution in [0.2, 0.25) is 0 Å². The molecule has 4 heterocycles. The molecule has 0 aliphatic carbocycles. The van der Waals surface area contributed by atoms with Gasteiger partial charge in [-0.15, -0.1) is 0 Å². The molecule has 1 N–H and O–H groups in total. The molecule has 0 saturated carbocycles. The standard InChI is InChI=1S/C15H18N6O3S/c1-10-9-24-6-5-20(10)14-7-12(25(2,22)23)11-8-17-21(15(11)18-14)13-3-4-16-19-13/h3-4,7-8,10H,5-6,9H2,1-2H3,(H,16,19)/t10-/m1/s1. The molecular weight excluding hydrogens is 344 g/mol. The first-order valence-corrected chi connectivity index (χ1v) is 9.77. The summed E-state index contributed by atoms with van der Waals surface area (Å²) in [5.41, 5.74) is 0.473. The van der Waals surface area contributed by atoms with Gasteiger partial charge in [0.05, 0.1) is 41.9 Å². The van der Waals surface area contributed by atoms with E-state index in [0.29, 0.717) is 42.4 Å². The van der Waals surface area contributed by atoms with Gasteiger partial charge in [0.1, 0.15) is 5.82 Å². The van der Waals surface area contributed by atoms with Crippen LogP contribution in [0.15, 0.2) is 29.4 Å². The second kappa shape index (κ2) is 5.81. The van der Waals surface area contributed by atoms with E-state index in [2.05, 4.69) is 20.2 Å². The normalized spacial score (nSPS) is 18.8. The average Bonchev–Trinajstić information content (AvgIpc) is 3.22. The monoisotopic (exact) mass is 362 g/mol. The van der Waals surface area contributed by atoms with Gasteiger partial charge in [0.25, 0.3) is 0 Å². The Labute approximate surface area is 144 Å². The number of H-pyrrole nitrogens is 1. The molecule has 10 heteroatoms. The smallest absolute Gasteiger partial charge is 0.176 e. The first-order chi connectivity index (χ1) is 11.9. The third kappa shape index (κ3) is 2.76. The second-order valence-corrected chi connectivity index (χ2v) is 8.09. The zero-order chi connectivity index (χ0) is 17.6. The van der Waals surface area contributed by atoms with E-state index in [0.717, 1.165) is 0 Å². The molecule has 0 unspecified atom stereocenters. The Kier molecular flexibility index (Phi) is 3.73. The number of ether oxygens (including phenoxy) is 1. The van der Waals surface area contributed by atoms with Crippen LogP contribution in [-0.4, -0.2) is 65.4 Å². The van der Waals surface area contributed by atoms with Crippen LogP contribution in [0.5, 0.6) is 0 Å². The van der Waals surface area contributed by atoms with Gasteiger partial charge < -0.3 is 9.64 Å². The summed E-state index contributed by atoms with van der Waals surface area (Å²) in [5, 5.41) is 11.5. The molecule has 25 heavy (non-hydrogen) atoms. The van der Waals surface area contributed by atoms with Crippen molar-refractivity contribution in [3.05, 3.63) is 24.5 Å². The zero-order valence-corrected chi connectivity index (χ0v) is 14.7. The maximum absolute atomic E-state index is 12.3. The molecule has 9 nitrogen and oxygen atoms in total. The molecule has 1 saturated heterocycles. The van der Waals surface area contributed by atoms with Crippen molar-refractivity contribution in [1.29, 1.82) is 0 Å². The lowest BCUT2D eigenvalue weighted by Gasteiger charge is -2.34. The molecule has 1 atom stereocenters. The maximum atomic E-state index is 12.3. The van der Waals surface area contributed by atoms with Crippen LogP contribution < -0.4 is 4.90 Å². The van der Waals surface area contributed by atoms with Crippen molar-refractivity contribution >= 4 is 26.7 Å². The molecule has 0 bridgehead atoms. The molecule has 0 radical (unpaired) electrons. The van der Waals surface area contributed by atoms with E-state index in [1.165, 1.54) is 12.5 Å². The summed E-state index contributed by atoms with van der Waals surface area (Å²) in [4.78, 5) is 6.97. The lowest BCUT2D eigenvalue weighted by Crippen LogP contribution is -2.44. The van der Waals surface area contributed by atoms with Crippen molar-refractivity contribution in [2.45, 2.75) is 17.9 Å². The number of fused-ring (bicyclic) bond motifs is 1. The summed E-state index contributed by atoms with van der Waals surface area (Å²) in [6.07, 6.45) is 4.32. The van der Waals surface area contributed by atoms with Gasteiger partial charge in [-0.1, -0.05) is 0 Å². The van der Waals surface area contributed by atoms with Crippen LogP contribution >= 0.6 is 0 Å². The van der Waals surface area contributed by atoms with Crippen LogP contribution in [0.1, 0.15) is 6.92 Å². The van der Waals surface area contributed by atoms with E-state index < -0.39 is 9.84 Å². The number of aromatic amines is 1. The Morgan fingerprint density at radius 1 is 1.40 bits per heavy atom. The molecule has 4 rings (SSSR count). The van der Waals surface area contributed by atoms with E-state index in [1.54, 1.807) is 23.0 Å². The number of hydrogen-bond acceptors (Lipinski definition) is 7. The van der Waals surface area contributed by atoms with Gasteiger partial charge in [-0.25, -0.2) is 13.4 Å². The van der Waals surface area contributed by atoms with Crippen LogP contribution in [0.4, 0.5) is 5.82 Å². The zero-order valence-electron chi connectivity index (χ0n) is 13.9. The van der Waals surface area contributed by atoms with Crippen LogP contribution in [0, 0.1) is 0 Å². The quantitative estimate of drug-likeness (QED) is 0.733. The van der Waals surface area contributed by atoms with Crippen LogP contribution in [-0.2, 0) is 14.6 Å². The number of aromatic nitrogens is 5. The minimum absolute atomic E-state index is 0.106. The van der Waals surface area contributed by atoms with Gasteiger partial charge in [-0.3, -0.25) is 5.10 Å². The molecule has 0 amide bonds. The third-order valence-electron chi connectivity index (χ3n) is 4.27. The Balaban J connectivity index is 1.97. The highest BCUT2D eigenvalue weighted by atomic mass is 32.2. The molecule has 3 aromatic rings. The number of sulfone groups is 1. The number of nitrogens with one attached hydrogen (secondary N) is 1. The first-order valence-electron chi connectivity index (χ1n) is 7.88. The molecule has 3 aromatic heterocycles. The lowest BCUT2D eigenvalue weighted by atomic mass is 10.2. The predicted octanol–water partition coefficient (Wildman–Crippen LogP) is 0.772. The summed E-state index contributed by atoms with van der Waals surface area (Å²) in [6.45, 7) is 3.84. The molecule has 0 spiro atoms. The molecule has 132 valence electrons. The largest absolute Gasteiger partial charge is 0.377 e. The average molecular weight is 362 g/mol. The summed E-state index contributed by atoms with van der Waals surface area (Å²) < 4.78 is 31.7. The lowest BCUT2D eigenvalue weighted by molar-refractivity contribution is 0.0985. The number of pyridine rings is 1. The van der Waals surface area contributed by atoms with Crippen molar-refractivity contribution < 1.29 is 13.2 Å². The molecule has 1 fully saturated rings. The highest BCUT2D eigenvalue weighted by Gasteiger charge is 2.25. The van der Waals surface area contributed by atoms with Gasteiger partial charge in [0.2, 0.25) is 0 Å². The Hall–Kier alpha value is -2.46. The molecule has 0 aromatic carbocycles. The first kappa shape index (κ1) is 16.0. The highest BCUT2D eigenvalue weighted by molar-refractivity contribution is 7.91. The maximum Gasteiger partial charge on any atom is 0.176 e. The van der Waals surface area contributed by atoms with Gasteiger partial charge >= 0.3 is 0 Å². The van der Waals surface area contributed by atoms with Gasteiger partial charge in [0, 0.05) is 24.9 Å². The summed E-state index contributed by atoms with van der Waals surface area (Å²) in [7, 11) is -3.44. The van der Waals surface area contributed by atoms with E-state index in [9.17, 15) is 8.42 Å². The number of hydrogen-bond donors (Lipinski definition) is 1. The molecule has 1 aliphatic rings. The van der Waals surface area contributed by atoms with Gasteiger partial charge in [0.15, 0.2) is 21.3 Å². The Morgan fingerprint density at radius 3 is 2.92 bits per heavy atom. The minimum atomic E-state index is -3.44. The molecular formula is C15H18N6O3S. The number of morpholine rings is 1. The number of rotatable bonds is 3. The van der Waals surface area contributed by atoms with Crippen molar-refractivity contribution in [3.63, 3.8) is 0 Å². The van der Waals surface area contributed by atoms with Gasteiger partial charge in [-0.2, -0.15) is 14.9 Å². The third-order valence-corrected chi connectivity index (χ3v) is 5.40. The number of anilines is 1. The SMILES string of the molecule is C[C@@H]1COCCN1c1cc(S(C)(=O)=O)c2cnn(-c3ccn[nH]3)c2n1. The van der Waals surface area contributed by atoms with Crippen molar-refractivity contribution in [1.82, 2.24) is 25.0 Å². The topological polar surface area (TPSA) is 106 Å². The van der Waals surface area contributed by atoms with E-state index in [1.807, 2.05) is 6.92 Å². The van der Waals surface area contributed by atoms with Gasteiger partial charge in [-0.05, 0) is 6.92 Å². The second-order valence-electron chi connectivity index (χ2n) is 6.10. The van der Waals surface area contributed by atoms with E-state index >= 15 is 0 Å². The fourth-order valence-electron chi connectivity index (χ4n) is 3.02. The highest BCUT2D eigenvalue weighted by Crippen LogP contribution is 2.29. The fraction of sp³-hybridized carbons (Fsp3) is 0.400. The number of nitrogens with zero attached hydrogens (tertiary/aromatic N) is 5. The van der Waals surface area contributed by atoms with Crippen molar-refractivity contribution in [2.24, 2.45) is 0 Å². The predicted molar refractivity (Wildman–Crippen MR) is 91.7 cm³/mol. The Bertz CT molecular complexity index is 1010.